The first-order valence-electron chi connectivity index (χ1n) is 6.56. The molecule has 4 nitrogen and oxygen atoms in total. The molecule has 0 radical (unpaired) electrons. The van der Waals surface area contributed by atoms with E-state index in [0.29, 0.717) is 17.7 Å². The molecule has 0 aliphatic heterocycles. The molecule has 0 unspecified atom stereocenters. The number of phenolic OH excluding ortho intramolecular Hbond substituents is 1. The fourth-order valence-corrected chi connectivity index (χ4v) is 1.81. The Kier molecular flexibility index (Phi) is 4.95. The van der Waals surface area contributed by atoms with Crippen molar-refractivity contribution in [3.63, 3.8) is 0 Å². The summed E-state index contributed by atoms with van der Waals surface area (Å²) in [6.45, 7) is 7.76. The second kappa shape index (κ2) is 6.06. The van der Waals surface area contributed by atoms with Gasteiger partial charge in [0.05, 0.1) is 6.10 Å². The third kappa shape index (κ3) is 3.47. The van der Waals surface area contributed by atoms with Gasteiger partial charge in [-0.3, -0.25) is 4.79 Å². The van der Waals surface area contributed by atoms with Gasteiger partial charge in [0, 0.05) is 23.1 Å². The van der Waals surface area contributed by atoms with Gasteiger partial charge in [-0.15, -0.1) is 0 Å². The van der Waals surface area contributed by atoms with E-state index in [1.165, 1.54) is 0 Å². The van der Waals surface area contributed by atoms with Gasteiger partial charge in [-0.1, -0.05) is 19.9 Å². The lowest BCUT2D eigenvalue weighted by atomic mass is 9.82. The first-order valence-corrected chi connectivity index (χ1v) is 6.56. The van der Waals surface area contributed by atoms with Gasteiger partial charge in [-0.25, -0.2) is 0 Å². The summed E-state index contributed by atoms with van der Waals surface area (Å²) in [6, 6.07) is 4.87. The highest BCUT2D eigenvalue weighted by Crippen LogP contribution is 2.25. The quantitative estimate of drug-likeness (QED) is 0.764. The van der Waals surface area contributed by atoms with Gasteiger partial charge >= 0.3 is 0 Å². The van der Waals surface area contributed by atoms with Crippen molar-refractivity contribution < 1.29 is 15.0 Å². The van der Waals surface area contributed by atoms with Crippen LogP contribution in [0.25, 0.3) is 0 Å². The monoisotopic (exact) mass is 265 g/mol. The van der Waals surface area contributed by atoms with Gasteiger partial charge in [-0.2, -0.15) is 0 Å². The minimum Gasteiger partial charge on any atom is -0.508 e. The lowest BCUT2D eigenvalue weighted by molar-refractivity contribution is 0.0473. The van der Waals surface area contributed by atoms with E-state index in [4.69, 9.17) is 0 Å². The largest absolute Gasteiger partial charge is 0.508 e. The Bertz CT molecular complexity index is 457. The van der Waals surface area contributed by atoms with E-state index in [1.807, 2.05) is 13.8 Å². The van der Waals surface area contributed by atoms with Crippen molar-refractivity contribution >= 4 is 5.91 Å². The molecular formula is C15H23NO3. The molecule has 4 heteroatoms. The van der Waals surface area contributed by atoms with Crippen molar-refractivity contribution in [3.8, 4) is 5.75 Å². The van der Waals surface area contributed by atoms with Crippen molar-refractivity contribution in [3.05, 3.63) is 29.3 Å². The van der Waals surface area contributed by atoms with Crippen LogP contribution in [0.2, 0.25) is 0 Å². The third-order valence-electron chi connectivity index (χ3n) is 4.02. The zero-order valence-corrected chi connectivity index (χ0v) is 12.0. The molecule has 2 atom stereocenters. The molecule has 19 heavy (non-hydrogen) atoms. The van der Waals surface area contributed by atoms with E-state index in [1.54, 1.807) is 32.0 Å². The summed E-state index contributed by atoms with van der Waals surface area (Å²) in [5, 5.41) is 22.2. The number of hydrogen-bond donors (Lipinski definition) is 3. The highest BCUT2D eigenvalue weighted by molar-refractivity contribution is 5.96. The maximum absolute atomic E-state index is 12.1. The molecule has 0 aromatic heterocycles. The molecule has 0 spiro atoms. The fraction of sp³-hybridized carbons (Fsp3) is 0.533. The summed E-state index contributed by atoms with van der Waals surface area (Å²) in [5.41, 5.74) is 0.680. The first-order chi connectivity index (χ1) is 8.81. The molecule has 3 N–H and O–H groups in total. The lowest BCUT2D eigenvalue weighted by Gasteiger charge is -2.31. The Morgan fingerprint density at radius 1 is 1.47 bits per heavy atom. The molecule has 0 aliphatic carbocycles. The normalized spacial score (nSPS) is 15.6. The predicted octanol–water partition coefficient (Wildman–Crippen LogP) is 2.23. The van der Waals surface area contributed by atoms with Crippen LogP contribution in [-0.2, 0) is 0 Å². The summed E-state index contributed by atoms with van der Waals surface area (Å²) in [6.07, 6.45) is 0.271. The second-order valence-corrected chi connectivity index (χ2v) is 5.32. The molecule has 0 aliphatic rings. The van der Waals surface area contributed by atoms with Gasteiger partial charge in [0.1, 0.15) is 5.75 Å². The minimum absolute atomic E-state index is 0.112. The Labute approximate surface area is 114 Å². The van der Waals surface area contributed by atoms with Crippen LogP contribution in [0, 0.1) is 12.3 Å². The molecule has 1 aromatic rings. The van der Waals surface area contributed by atoms with E-state index in [0.717, 1.165) is 6.42 Å². The Morgan fingerprint density at radius 3 is 2.63 bits per heavy atom. The molecule has 0 bridgehead atoms. The Hall–Kier alpha value is -1.55. The van der Waals surface area contributed by atoms with Crippen molar-refractivity contribution in [1.82, 2.24) is 5.32 Å². The summed E-state index contributed by atoms with van der Waals surface area (Å²) in [4.78, 5) is 12.1. The van der Waals surface area contributed by atoms with Crippen LogP contribution < -0.4 is 5.32 Å². The average molecular weight is 265 g/mol. The predicted molar refractivity (Wildman–Crippen MR) is 75.3 cm³/mol. The maximum atomic E-state index is 12.1. The number of carbonyl (C=O) groups is 1. The zero-order chi connectivity index (χ0) is 14.6. The number of aromatic hydroxyl groups is 1. The van der Waals surface area contributed by atoms with E-state index < -0.39 is 6.10 Å². The molecule has 1 aromatic carbocycles. The van der Waals surface area contributed by atoms with Crippen LogP contribution in [0.1, 0.15) is 43.1 Å². The molecule has 1 amide bonds. The summed E-state index contributed by atoms with van der Waals surface area (Å²) in [7, 11) is 0. The zero-order valence-electron chi connectivity index (χ0n) is 12.0. The number of hydrogen-bond acceptors (Lipinski definition) is 3. The first kappa shape index (κ1) is 15.5. The van der Waals surface area contributed by atoms with E-state index >= 15 is 0 Å². The van der Waals surface area contributed by atoms with Crippen LogP contribution >= 0.6 is 0 Å². The topological polar surface area (TPSA) is 69.6 Å². The molecular weight excluding hydrogens is 242 g/mol. The number of rotatable bonds is 5. The van der Waals surface area contributed by atoms with Gasteiger partial charge in [-0.05, 0) is 32.4 Å². The highest BCUT2D eigenvalue weighted by Gasteiger charge is 2.28. The Morgan fingerprint density at radius 2 is 2.11 bits per heavy atom. The Balaban J connectivity index is 2.78. The lowest BCUT2D eigenvalue weighted by Crippen LogP contribution is -2.42. The number of benzene rings is 1. The van der Waals surface area contributed by atoms with Crippen molar-refractivity contribution in [2.24, 2.45) is 5.41 Å². The van der Waals surface area contributed by atoms with Crippen molar-refractivity contribution in [2.75, 3.05) is 6.54 Å². The average Bonchev–Trinajstić information content (AvgIpc) is 2.38. The van der Waals surface area contributed by atoms with Gasteiger partial charge < -0.3 is 15.5 Å². The van der Waals surface area contributed by atoms with E-state index in [9.17, 15) is 15.0 Å². The van der Waals surface area contributed by atoms with Gasteiger partial charge in [0.25, 0.3) is 5.91 Å². The minimum atomic E-state index is -0.497. The SMILES string of the molecule is CC[C@@](C)(CNC(=O)c1cccc(O)c1C)[C@@H](C)O. The van der Waals surface area contributed by atoms with Crippen LogP contribution in [0.5, 0.6) is 5.75 Å². The molecule has 0 saturated heterocycles. The summed E-state index contributed by atoms with van der Waals surface area (Å²) >= 11 is 0. The van der Waals surface area contributed by atoms with E-state index in [-0.39, 0.29) is 17.1 Å². The van der Waals surface area contributed by atoms with Crippen LogP contribution in [-0.4, -0.2) is 28.8 Å². The second-order valence-electron chi connectivity index (χ2n) is 5.32. The molecule has 0 heterocycles. The highest BCUT2D eigenvalue weighted by atomic mass is 16.3. The van der Waals surface area contributed by atoms with Gasteiger partial charge in [0.15, 0.2) is 0 Å². The third-order valence-corrected chi connectivity index (χ3v) is 4.02. The molecule has 0 fully saturated rings. The molecule has 0 saturated carbocycles. The smallest absolute Gasteiger partial charge is 0.251 e. The molecule has 1 rings (SSSR count). The van der Waals surface area contributed by atoms with Crippen LogP contribution in [0.4, 0.5) is 0 Å². The number of aliphatic hydroxyl groups excluding tert-OH is 1. The van der Waals surface area contributed by atoms with Crippen LogP contribution in [0.15, 0.2) is 18.2 Å². The number of nitrogens with one attached hydrogen (secondary N) is 1. The molecule has 106 valence electrons. The number of phenols is 1. The van der Waals surface area contributed by atoms with Crippen molar-refractivity contribution in [2.45, 2.75) is 40.2 Å². The maximum Gasteiger partial charge on any atom is 0.251 e. The summed E-state index contributed by atoms with van der Waals surface area (Å²) in [5.74, 6) is -0.116. The number of carbonyl (C=O) groups excluding carboxylic acids is 1. The number of amides is 1. The van der Waals surface area contributed by atoms with Gasteiger partial charge in [0.2, 0.25) is 0 Å². The summed E-state index contributed by atoms with van der Waals surface area (Å²) < 4.78 is 0. The standard InChI is InChI=1S/C15H23NO3/c1-5-15(4,11(3)17)9-16-14(19)12-7-6-8-13(18)10(12)2/h6-8,11,17-18H,5,9H2,1-4H3,(H,16,19)/t11-,15+/m1/s1. The fourth-order valence-electron chi connectivity index (χ4n) is 1.81. The van der Waals surface area contributed by atoms with E-state index in [2.05, 4.69) is 5.32 Å². The van der Waals surface area contributed by atoms with Crippen LogP contribution in [0.3, 0.4) is 0 Å². The van der Waals surface area contributed by atoms with Crippen molar-refractivity contribution in [1.29, 1.82) is 0 Å². The number of aliphatic hydroxyl groups is 1.